The van der Waals surface area contributed by atoms with E-state index in [1.165, 1.54) is 0 Å². The Hall–Kier alpha value is -1.22. The summed E-state index contributed by atoms with van der Waals surface area (Å²) < 4.78 is 4.93. The second-order valence-electron chi connectivity index (χ2n) is 2.40. The molecule has 1 aromatic rings. The first-order valence-electron chi connectivity index (χ1n) is 3.78. The van der Waals surface area contributed by atoms with Crippen molar-refractivity contribution < 1.29 is 9.53 Å². The van der Waals surface area contributed by atoms with Crippen LogP contribution >= 0.6 is 12.4 Å². The summed E-state index contributed by atoms with van der Waals surface area (Å²) in [5.41, 5.74) is 6.08. The summed E-state index contributed by atoms with van der Waals surface area (Å²) in [6.45, 7) is 1.74. The first kappa shape index (κ1) is 11.8. The van der Waals surface area contributed by atoms with Crippen LogP contribution in [0, 0.1) is 0 Å². The number of rotatable bonds is 2. The quantitative estimate of drug-likeness (QED) is 0.453. The fraction of sp³-hybridized carbons (Fsp3) is 0.222. The minimum Gasteiger partial charge on any atom is -0.426 e. The van der Waals surface area contributed by atoms with Crippen molar-refractivity contribution in [2.75, 3.05) is 5.73 Å². The third kappa shape index (κ3) is 3.80. The molecular formula is C9H12ClNO2. The molecule has 1 rings (SSSR count). The average molecular weight is 202 g/mol. The predicted octanol–water partition coefficient (Wildman–Crippen LogP) is 2.01. The molecule has 0 saturated carbocycles. The first-order chi connectivity index (χ1) is 5.72. The summed E-state index contributed by atoms with van der Waals surface area (Å²) in [7, 11) is 0. The molecule has 0 saturated heterocycles. The van der Waals surface area contributed by atoms with Crippen molar-refractivity contribution in [3.63, 3.8) is 0 Å². The summed E-state index contributed by atoms with van der Waals surface area (Å²) in [6, 6.07) is 6.80. The van der Waals surface area contributed by atoms with Gasteiger partial charge in [-0.15, -0.1) is 12.4 Å². The molecule has 0 radical (unpaired) electrons. The number of benzene rings is 1. The van der Waals surface area contributed by atoms with Crippen molar-refractivity contribution in [3.8, 4) is 5.75 Å². The van der Waals surface area contributed by atoms with Gasteiger partial charge in [0.2, 0.25) is 0 Å². The molecular weight excluding hydrogens is 190 g/mol. The molecule has 0 aliphatic heterocycles. The Morgan fingerprint density at radius 2 is 2.23 bits per heavy atom. The van der Waals surface area contributed by atoms with Crippen LogP contribution in [0.15, 0.2) is 24.3 Å². The minimum atomic E-state index is -0.249. The van der Waals surface area contributed by atoms with E-state index in [2.05, 4.69) is 0 Å². The lowest BCUT2D eigenvalue weighted by molar-refractivity contribution is -0.134. The Labute approximate surface area is 83.3 Å². The Bertz CT molecular complexity index is 289. The van der Waals surface area contributed by atoms with Gasteiger partial charge >= 0.3 is 5.97 Å². The molecule has 3 nitrogen and oxygen atoms in total. The second-order valence-corrected chi connectivity index (χ2v) is 2.40. The van der Waals surface area contributed by atoms with Crippen LogP contribution < -0.4 is 10.5 Å². The van der Waals surface area contributed by atoms with Crippen molar-refractivity contribution in [1.29, 1.82) is 0 Å². The molecule has 0 spiro atoms. The molecule has 0 aliphatic carbocycles. The van der Waals surface area contributed by atoms with Gasteiger partial charge in [0.05, 0.1) is 0 Å². The normalized spacial score (nSPS) is 8.69. The van der Waals surface area contributed by atoms with Crippen molar-refractivity contribution in [3.05, 3.63) is 24.3 Å². The number of ether oxygens (including phenoxy) is 1. The lowest BCUT2D eigenvalue weighted by Crippen LogP contribution is -2.05. The van der Waals surface area contributed by atoms with Crippen LogP contribution in [0.3, 0.4) is 0 Å². The average Bonchev–Trinajstić information content (AvgIpc) is 2.04. The molecule has 0 heterocycles. The highest BCUT2D eigenvalue weighted by Gasteiger charge is 2.00. The standard InChI is InChI=1S/C9H11NO2.ClH/c1-2-9(11)12-8-5-3-4-7(10)6-8;/h3-6H,2,10H2,1H3;1H. The number of carbonyl (C=O) groups is 1. The second kappa shape index (κ2) is 5.43. The monoisotopic (exact) mass is 201 g/mol. The maximum absolute atomic E-state index is 10.8. The maximum Gasteiger partial charge on any atom is 0.310 e. The van der Waals surface area contributed by atoms with Gasteiger partial charge in [-0.05, 0) is 12.1 Å². The van der Waals surface area contributed by atoms with E-state index in [-0.39, 0.29) is 18.4 Å². The summed E-state index contributed by atoms with van der Waals surface area (Å²) in [5.74, 6) is 0.252. The third-order valence-corrected chi connectivity index (χ3v) is 1.38. The highest BCUT2D eigenvalue weighted by molar-refractivity contribution is 5.85. The zero-order chi connectivity index (χ0) is 8.97. The number of anilines is 1. The highest BCUT2D eigenvalue weighted by atomic mass is 35.5. The molecule has 0 aliphatic rings. The molecule has 72 valence electrons. The van der Waals surface area contributed by atoms with Gasteiger partial charge in [0.1, 0.15) is 5.75 Å². The van der Waals surface area contributed by atoms with Crippen LogP contribution in [0.25, 0.3) is 0 Å². The number of nitrogen functional groups attached to an aromatic ring is 1. The van der Waals surface area contributed by atoms with E-state index in [0.29, 0.717) is 17.9 Å². The van der Waals surface area contributed by atoms with Gasteiger partial charge in [0, 0.05) is 18.2 Å². The third-order valence-electron chi connectivity index (χ3n) is 1.38. The molecule has 1 aromatic carbocycles. The van der Waals surface area contributed by atoms with Crippen LogP contribution in [0.5, 0.6) is 5.75 Å². The van der Waals surface area contributed by atoms with Crippen LogP contribution in [0.4, 0.5) is 5.69 Å². The zero-order valence-corrected chi connectivity index (χ0v) is 8.14. The Balaban J connectivity index is 0.00000144. The topological polar surface area (TPSA) is 52.3 Å². The molecule has 0 fully saturated rings. The van der Waals surface area contributed by atoms with E-state index >= 15 is 0 Å². The first-order valence-corrected chi connectivity index (χ1v) is 3.78. The highest BCUT2D eigenvalue weighted by Crippen LogP contribution is 2.14. The van der Waals surface area contributed by atoms with E-state index in [1.807, 2.05) is 0 Å². The van der Waals surface area contributed by atoms with Gasteiger partial charge in [-0.3, -0.25) is 4.79 Å². The van der Waals surface area contributed by atoms with Crippen LogP contribution in [-0.2, 0) is 4.79 Å². The zero-order valence-electron chi connectivity index (χ0n) is 7.32. The van der Waals surface area contributed by atoms with Crippen molar-refractivity contribution in [2.45, 2.75) is 13.3 Å². The lowest BCUT2D eigenvalue weighted by atomic mass is 10.3. The van der Waals surface area contributed by atoms with Gasteiger partial charge < -0.3 is 10.5 Å². The molecule has 4 heteroatoms. The van der Waals surface area contributed by atoms with Crippen LogP contribution in [-0.4, -0.2) is 5.97 Å². The number of esters is 1. The largest absolute Gasteiger partial charge is 0.426 e. The molecule has 0 unspecified atom stereocenters. The van der Waals surface area contributed by atoms with E-state index in [0.717, 1.165) is 0 Å². The number of hydrogen-bond donors (Lipinski definition) is 1. The SMILES string of the molecule is CCC(=O)Oc1cccc(N)c1.Cl. The number of carbonyl (C=O) groups excluding carboxylic acids is 1. The Morgan fingerprint density at radius 1 is 1.54 bits per heavy atom. The smallest absolute Gasteiger partial charge is 0.310 e. The van der Waals surface area contributed by atoms with Crippen LogP contribution in [0.2, 0.25) is 0 Å². The van der Waals surface area contributed by atoms with E-state index in [4.69, 9.17) is 10.5 Å². The Kier molecular flexibility index (Phi) is 4.92. The van der Waals surface area contributed by atoms with Gasteiger partial charge in [-0.1, -0.05) is 13.0 Å². The maximum atomic E-state index is 10.8. The van der Waals surface area contributed by atoms with Gasteiger partial charge in [-0.2, -0.15) is 0 Å². The van der Waals surface area contributed by atoms with E-state index < -0.39 is 0 Å². The Morgan fingerprint density at radius 3 is 2.77 bits per heavy atom. The molecule has 0 amide bonds. The number of nitrogens with two attached hydrogens (primary N) is 1. The summed E-state index contributed by atoms with van der Waals surface area (Å²) in [6.07, 6.45) is 0.370. The van der Waals surface area contributed by atoms with Gasteiger partial charge in [-0.25, -0.2) is 0 Å². The van der Waals surface area contributed by atoms with Crippen molar-refractivity contribution in [2.24, 2.45) is 0 Å². The predicted molar refractivity (Wildman–Crippen MR) is 54.0 cm³/mol. The summed E-state index contributed by atoms with van der Waals surface area (Å²) in [4.78, 5) is 10.8. The number of hydrogen-bond acceptors (Lipinski definition) is 3. The summed E-state index contributed by atoms with van der Waals surface area (Å²) in [5, 5.41) is 0. The minimum absolute atomic E-state index is 0. The number of halogens is 1. The van der Waals surface area contributed by atoms with Gasteiger partial charge in [0.25, 0.3) is 0 Å². The molecule has 13 heavy (non-hydrogen) atoms. The van der Waals surface area contributed by atoms with E-state index in [9.17, 15) is 4.79 Å². The fourth-order valence-corrected chi connectivity index (χ4v) is 0.782. The summed E-state index contributed by atoms with van der Waals surface area (Å²) >= 11 is 0. The lowest BCUT2D eigenvalue weighted by Gasteiger charge is -2.02. The molecule has 0 atom stereocenters. The van der Waals surface area contributed by atoms with Crippen LogP contribution in [0.1, 0.15) is 13.3 Å². The van der Waals surface area contributed by atoms with Gasteiger partial charge in [0.15, 0.2) is 0 Å². The van der Waals surface area contributed by atoms with E-state index in [1.54, 1.807) is 31.2 Å². The van der Waals surface area contributed by atoms with Crippen molar-refractivity contribution >= 4 is 24.1 Å². The molecule has 0 bridgehead atoms. The molecule has 2 N–H and O–H groups in total. The van der Waals surface area contributed by atoms with Crippen molar-refractivity contribution in [1.82, 2.24) is 0 Å². The molecule has 0 aromatic heterocycles. The fourth-order valence-electron chi connectivity index (χ4n) is 0.782.